The molecule has 0 bridgehead atoms. The highest BCUT2D eigenvalue weighted by molar-refractivity contribution is 7.92. The van der Waals surface area contributed by atoms with Crippen LogP contribution < -0.4 is 14.9 Å². The van der Waals surface area contributed by atoms with Crippen molar-refractivity contribution >= 4 is 38.2 Å². The van der Waals surface area contributed by atoms with Crippen molar-refractivity contribution in [3.05, 3.63) is 95.2 Å². The molecule has 9 heteroatoms. The highest BCUT2D eigenvalue weighted by Gasteiger charge is 2.29. The molecule has 2 atom stereocenters. The molecular formula is C31H36N4O4S. The van der Waals surface area contributed by atoms with E-state index in [2.05, 4.69) is 15.2 Å². The monoisotopic (exact) mass is 560 g/mol. The molecule has 0 saturated heterocycles. The van der Waals surface area contributed by atoms with Crippen LogP contribution in [-0.2, 0) is 29.4 Å². The van der Waals surface area contributed by atoms with E-state index in [4.69, 9.17) is 0 Å². The molecule has 0 saturated carbocycles. The standard InChI is InChI=1S/C31H36N4O4S/c1-4-35-20-23-14-15-40(38,39)34(3)27-17-24(18-28(35)30(23)27)31(37)33-26(16-22-8-6-5-7-9-22)29(36)19-32-25-12-10-21(2)11-13-25/h5-13,17-18,20,26,29,32,36H,4,14-16,19H2,1-3H3,(H,33,37)/t26-,29+/m0/s1. The average molecular weight is 561 g/mol. The number of aliphatic hydroxyl groups is 1. The van der Waals surface area contributed by atoms with Gasteiger partial charge in [0.15, 0.2) is 0 Å². The molecule has 5 rings (SSSR count). The third-order valence-corrected chi connectivity index (χ3v) is 9.43. The molecule has 210 valence electrons. The van der Waals surface area contributed by atoms with Gasteiger partial charge in [-0.25, -0.2) is 8.42 Å². The van der Waals surface area contributed by atoms with Gasteiger partial charge in [0, 0.05) is 43.0 Å². The topological polar surface area (TPSA) is 104 Å². The minimum atomic E-state index is -3.51. The van der Waals surface area contributed by atoms with Crippen LogP contribution in [-0.4, -0.2) is 55.5 Å². The van der Waals surface area contributed by atoms with Crippen LogP contribution in [0.2, 0.25) is 0 Å². The Bertz CT molecular complexity index is 1610. The number of carbonyl (C=O) groups excluding carboxylic acids is 1. The van der Waals surface area contributed by atoms with Gasteiger partial charge in [-0.1, -0.05) is 48.0 Å². The SMILES string of the molecule is CCn1cc2c3c(cc(C(=O)N[C@@H](Cc4ccccc4)[C@H](O)CNc4ccc(C)cc4)cc31)N(C)S(=O)(=O)CC2. The summed E-state index contributed by atoms with van der Waals surface area (Å²) < 4.78 is 29.1. The Morgan fingerprint density at radius 1 is 1.07 bits per heavy atom. The van der Waals surface area contributed by atoms with Gasteiger partial charge in [0.1, 0.15) is 0 Å². The summed E-state index contributed by atoms with van der Waals surface area (Å²) in [4.78, 5) is 13.7. The number of carbonyl (C=O) groups is 1. The van der Waals surface area contributed by atoms with Gasteiger partial charge in [-0.2, -0.15) is 0 Å². The number of benzene rings is 3. The van der Waals surface area contributed by atoms with Gasteiger partial charge in [0.05, 0.1) is 29.1 Å². The number of anilines is 2. The molecule has 0 spiro atoms. The first-order valence-corrected chi connectivity index (χ1v) is 15.2. The molecule has 0 unspecified atom stereocenters. The van der Waals surface area contributed by atoms with Crippen LogP contribution in [0, 0.1) is 6.92 Å². The van der Waals surface area contributed by atoms with E-state index in [-0.39, 0.29) is 18.2 Å². The predicted octanol–water partition coefficient (Wildman–Crippen LogP) is 4.11. The quantitative estimate of drug-likeness (QED) is 0.286. The molecule has 0 fully saturated rings. The molecule has 1 aliphatic rings. The van der Waals surface area contributed by atoms with Gasteiger partial charge < -0.3 is 20.3 Å². The third kappa shape index (κ3) is 5.71. The molecule has 1 aromatic heterocycles. The van der Waals surface area contributed by atoms with Gasteiger partial charge in [-0.15, -0.1) is 0 Å². The summed E-state index contributed by atoms with van der Waals surface area (Å²) in [6.07, 6.45) is 1.96. The van der Waals surface area contributed by atoms with Crippen molar-refractivity contribution < 1.29 is 18.3 Å². The zero-order chi connectivity index (χ0) is 28.4. The number of sulfonamides is 1. The van der Waals surface area contributed by atoms with Gasteiger partial charge in [0.25, 0.3) is 5.91 Å². The molecule has 4 aromatic rings. The van der Waals surface area contributed by atoms with Crippen LogP contribution in [0.4, 0.5) is 11.4 Å². The van der Waals surface area contributed by atoms with Crippen molar-refractivity contribution in [1.29, 1.82) is 0 Å². The fourth-order valence-corrected chi connectivity index (χ4v) is 6.48. The molecule has 1 aliphatic heterocycles. The fraction of sp³-hybridized carbons (Fsp3) is 0.323. The molecule has 8 nitrogen and oxygen atoms in total. The Balaban J connectivity index is 1.45. The Labute approximate surface area is 235 Å². The molecular weight excluding hydrogens is 524 g/mol. The van der Waals surface area contributed by atoms with Crippen LogP contribution in [0.25, 0.3) is 10.9 Å². The minimum Gasteiger partial charge on any atom is -0.389 e. The number of nitrogens with zero attached hydrogens (tertiary/aromatic N) is 2. The maximum absolute atomic E-state index is 13.7. The van der Waals surface area contributed by atoms with E-state index < -0.39 is 22.2 Å². The highest BCUT2D eigenvalue weighted by Crippen LogP contribution is 2.37. The molecule has 3 aromatic carbocycles. The molecule has 0 aliphatic carbocycles. The van der Waals surface area contributed by atoms with Crippen LogP contribution in [0.3, 0.4) is 0 Å². The van der Waals surface area contributed by atoms with Crippen molar-refractivity contribution in [3.8, 4) is 0 Å². The van der Waals surface area contributed by atoms with Gasteiger partial charge >= 0.3 is 0 Å². The summed E-state index contributed by atoms with van der Waals surface area (Å²) in [7, 11) is -1.97. The summed E-state index contributed by atoms with van der Waals surface area (Å²) in [6.45, 7) is 4.98. The average Bonchev–Trinajstić information content (AvgIpc) is 3.28. The van der Waals surface area contributed by atoms with E-state index in [9.17, 15) is 18.3 Å². The molecule has 40 heavy (non-hydrogen) atoms. The molecule has 0 radical (unpaired) electrons. The van der Waals surface area contributed by atoms with Gasteiger partial charge in [-0.05, 0) is 62.1 Å². The second kappa shape index (κ2) is 11.3. The number of rotatable bonds is 9. The predicted molar refractivity (Wildman–Crippen MR) is 161 cm³/mol. The van der Waals surface area contributed by atoms with Crippen molar-refractivity contribution in [2.45, 2.75) is 45.4 Å². The largest absolute Gasteiger partial charge is 0.389 e. The van der Waals surface area contributed by atoms with E-state index in [1.54, 1.807) is 13.1 Å². The minimum absolute atomic E-state index is 0.0157. The summed E-state index contributed by atoms with van der Waals surface area (Å²) in [6, 6.07) is 20.5. The lowest BCUT2D eigenvalue weighted by Crippen LogP contribution is -2.47. The summed E-state index contributed by atoms with van der Waals surface area (Å²) >= 11 is 0. The number of hydrogen-bond donors (Lipinski definition) is 3. The molecule has 3 N–H and O–H groups in total. The van der Waals surface area contributed by atoms with Crippen LogP contribution in [0.1, 0.15) is 34.0 Å². The maximum Gasteiger partial charge on any atom is 0.251 e. The van der Waals surface area contributed by atoms with Crippen molar-refractivity contribution in [2.24, 2.45) is 0 Å². The zero-order valence-electron chi connectivity index (χ0n) is 23.1. The number of amides is 1. The number of nitrogens with one attached hydrogen (secondary N) is 2. The Hall–Kier alpha value is -3.82. The normalized spacial score (nSPS) is 15.8. The Morgan fingerprint density at radius 2 is 1.80 bits per heavy atom. The number of hydrogen-bond acceptors (Lipinski definition) is 5. The van der Waals surface area contributed by atoms with E-state index in [0.717, 1.165) is 33.3 Å². The van der Waals surface area contributed by atoms with Gasteiger partial charge in [-0.3, -0.25) is 9.10 Å². The first kappa shape index (κ1) is 27.7. The van der Waals surface area contributed by atoms with Crippen LogP contribution >= 0.6 is 0 Å². The van der Waals surface area contributed by atoms with E-state index in [1.165, 1.54) is 4.31 Å². The number of aryl methyl sites for hydroxylation is 3. The lowest BCUT2D eigenvalue weighted by molar-refractivity contribution is 0.0851. The first-order chi connectivity index (χ1) is 19.2. The summed E-state index contributed by atoms with van der Waals surface area (Å²) in [5, 5.41) is 18.4. The van der Waals surface area contributed by atoms with E-state index in [0.29, 0.717) is 30.6 Å². The van der Waals surface area contributed by atoms with E-state index in [1.807, 2.05) is 80.7 Å². The number of aliphatic hydroxyl groups excluding tert-OH is 1. The first-order valence-electron chi connectivity index (χ1n) is 13.6. The van der Waals surface area contributed by atoms with Crippen molar-refractivity contribution in [1.82, 2.24) is 9.88 Å². The molecule has 2 heterocycles. The lowest BCUT2D eigenvalue weighted by atomic mass is 9.99. The smallest absolute Gasteiger partial charge is 0.251 e. The third-order valence-electron chi connectivity index (χ3n) is 7.67. The van der Waals surface area contributed by atoms with Crippen molar-refractivity contribution in [3.63, 3.8) is 0 Å². The summed E-state index contributed by atoms with van der Waals surface area (Å²) in [5.41, 5.74) is 5.66. The second-order valence-corrected chi connectivity index (χ2v) is 12.6. The maximum atomic E-state index is 13.7. The Morgan fingerprint density at radius 3 is 2.50 bits per heavy atom. The second-order valence-electron chi connectivity index (χ2n) is 10.4. The van der Waals surface area contributed by atoms with Crippen LogP contribution in [0.15, 0.2) is 72.9 Å². The van der Waals surface area contributed by atoms with Crippen LogP contribution in [0.5, 0.6) is 0 Å². The van der Waals surface area contributed by atoms with Gasteiger partial charge in [0.2, 0.25) is 10.0 Å². The summed E-state index contributed by atoms with van der Waals surface area (Å²) in [5.74, 6) is -0.351. The highest BCUT2D eigenvalue weighted by atomic mass is 32.2. The molecule has 1 amide bonds. The van der Waals surface area contributed by atoms with E-state index >= 15 is 0 Å². The zero-order valence-corrected chi connectivity index (χ0v) is 23.9. The van der Waals surface area contributed by atoms with Crippen molar-refractivity contribution in [2.75, 3.05) is 29.0 Å². The Kier molecular flexibility index (Phi) is 7.87. The fourth-order valence-electron chi connectivity index (χ4n) is 5.28. The number of aromatic nitrogens is 1. The lowest BCUT2D eigenvalue weighted by Gasteiger charge is -2.26.